The third-order valence-electron chi connectivity index (χ3n) is 3.10. The van der Waals surface area contributed by atoms with Crippen LogP contribution >= 0.6 is 0 Å². The highest BCUT2D eigenvalue weighted by molar-refractivity contribution is 5.79. The second-order valence-corrected chi connectivity index (χ2v) is 4.79. The van der Waals surface area contributed by atoms with Crippen LogP contribution in [0.2, 0.25) is 0 Å². The van der Waals surface area contributed by atoms with Gasteiger partial charge in [0, 0.05) is 6.54 Å². The highest BCUT2D eigenvalue weighted by Gasteiger charge is 2.17. The van der Waals surface area contributed by atoms with E-state index in [1.165, 1.54) is 5.56 Å². The van der Waals surface area contributed by atoms with Crippen LogP contribution in [-0.2, 0) is 4.79 Å². The second-order valence-electron chi connectivity index (χ2n) is 4.79. The molecule has 1 aromatic rings. The van der Waals surface area contributed by atoms with E-state index in [0.717, 1.165) is 6.54 Å². The lowest BCUT2D eigenvalue weighted by atomic mass is 9.88. The first-order chi connectivity index (χ1) is 8.02. The molecule has 94 valence electrons. The first-order valence-corrected chi connectivity index (χ1v) is 6.10. The molecule has 0 bridgehead atoms. The largest absolute Gasteiger partial charge is 0.368 e. The average molecular weight is 234 g/mol. The van der Waals surface area contributed by atoms with E-state index in [0.29, 0.717) is 11.8 Å². The predicted molar refractivity (Wildman–Crippen MR) is 70.7 cm³/mol. The number of hydrogen-bond acceptors (Lipinski definition) is 2. The molecule has 1 rings (SSSR count). The van der Waals surface area contributed by atoms with Gasteiger partial charge >= 0.3 is 0 Å². The van der Waals surface area contributed by atoms with Crippen LogP contribution in [0.25, 0.3) is 0 Å². The van der Waals surface area contributed by atoms with E-state index < -0.39 is 0 Å². The Kier molecular flexibility index (Phi) is 5.16. The van der Waals surface area contributed by atoms with Gasteiger partial charge in [0.15, 0.2) is 0 Å². The van der Waals surface area contributed by atoms with Crippen LogP contribution in [0.4, 0.5) is 0 Å². The summed E-state index contributed by atoms with van der Waals surface area (Å²) in [5.74, 6) is 0.614. The molecule has 2 atom stereocenters. The lowest BCUT2D eigenvalue weighted by Gasteiger charge is -2.23. The number of benzene rings is 1. The molecule has 0 heterocycles. The molecule has 0 saturated carbocycles. The lowest BCUT2D eigenvalue weighted by molar-refractivity contribution is -0.119. The Bertz CT molecular complexity index is 348. The molecule has 0 aliphatic carbocycles. The van der Waals surface area contributed by atoms with E-state index in [1.54, 1.807) is 6.92 Å². The maximum Gasteiger partial charge on any atom is 0.234 e. The molecule has 2 unspecified atom stereocenters. The van der Waals surface area contributed by atoms with Crippen molar-refractivity contribution >= 4 is 5.91 Å². The Morgan fingerprint density at radius 3 is 2.29 bits per heavy atom. The zero-order valence-corrected chi connectivity index (χ0v) is 10.8. The second kappa shape index (κ2) is 6.40. The van der Waals surface area contributed by atoms with Crippen LogP contribution in [-0.4, -0.2) is 18.5 Å². The van der Waals surface area contributed by atoms with Crippen molar-refractivity contribution in [1.29, 1.82) is 0 Å². The minimum absolute atomic E-state index is 0.278. The molecular formula is C14H22N2O. The third-order valence-corrected chi connectivity index (χ3v) is 3.10. The van der Waals surface area contributed by atoms with Crippen molar-refractivity contribution in [2.24, 2.45) is 11.7 Å². The number of nitrogens with two attached hydrogens (primary N) is 1. The zero-order valence-electron chi connectivity index (χ0n) is 10.8. The number of amides is 1. The summed E-state index contributed by atoms with van der Waals surface area (Å²) >= 11 is 0. The van der Waals surface area contributed by atoms with Crippen LogP contribution in [0.3, 0.4) is 0 Å². The number of nitrogens with one attached hydrogen (secondary N) is 1. The van der Waals surface area contributed by atoms with E-state index in [4.69, 9.17) is 5.73 Å². The number of primary amides is 1. The van der Waals surface area contributed by atoms with Gasteiger partial charge in [-0.2, -0.15) is 0 Å². The summed E-state index contributed by atoms with van der Waals surface area (Å²) in [6, 6.07) is 10.1. The Hall–Kier alpha value is -1.35. The molecule has 3 N–H and O–H groups in total. The van der Waals surface area contributed by atoms with Crippen molar-refractivity contribution in [3.8, 4) is 0 Å². The molecule has 1 amide bonds. The van der Waals surface area contributed by atoms with Crippen LogP contribution < -0.4 is 11.1 Å². The Morgan fingerprint density at radius 1 is 1.24 bits per heavy atom. The number of rotatable bonds is 6. The quantitative estimate of drug-likeness (QED) is 0.789. The van der Waals surface area contributed by atoms with Gasteiger partial charge < -0.3 is 11.1 Å². The van der Waals surface area contributed by atoms with Crippen molar-refractivity contribution < 1.29 is 4.79 Å². The van der Waals surface area contributed by atoms with Gasteiger partial charge in [-0.3, -0.25) is 4.79 Å². The molecule has 0 spiro atoms. The predicted octanol–water partition coefficient (Wildman–Crippen LogP) is 1.89. The molecule has 0 saturated heterocycles. The molecule has 0 fully saturated rings. The topological polar surface area (TPSA) is 55.1 Å². The Morgan fingerprint density at radius 2 is 1.82 bits per heavy atom. The molecule has 3 heteroatoms. The maximum atomic E-state index is 11.0. The van der Waals surface area contributed by atoms with Crippen molar-refractivity contribution in [3.05, 3.63) is 35.9 Å². The Labute approximate surface area is 103 Å². The Balaban J connectivity index is 2.65. The molecule has 0 radical (unpaired) electrons. The highest BCUT2D eigenvalue weighted by atomic mass is 16.1. The van der Waals surface area contributed by atoms with Crippen LogP contribution in [0, 0.1) is 5.92 Å². The van der Waals surface area contributed by atoms with Gasteiger partial charge in [-0.25, -0.2) is 0 Å². The molecule has 0 aliphatic rings. The van der Waals surface area contributed by atoms with E-state index in [2.05, 4.69) is 31.3 Å². The van der Waals surface area contributed by atoms with Crippen molar-refractivity contribution in [2.75, 3.05) is 6.54 Å². The SMILES string of the molecule is CC(NCC(c1ccccc1)C(C)C)C(N)=O. The van der Waals surface area contributed by atoms with Crippen LogP contribution in [0.1, 0.15) is 32.3 Å². The van der Waals surface area contributed by atoms with Crippen molar-refractivity contribution in [3.63, 3.8) is 0 Å². The van der Waals surface area contributed by atoms with E-state index in [-0.39, 0.29) is 11.9 Å². The normalized spacial score (nSPS) is 14.6. The minimum Gasteiger partial charge on any atom is -0.368 e. The highest BCUT2D eigenvalue weighted by Crippen LogP contribution is 2.23. The zero-order chi connectivity index (χ0) is 12.8. The van der Waals surface area contributed by atoms with Gasteiger partial charge in [0.05, 0.1) is 6.04 Å². The molecule has 1 aromatic carbocycles. The first-order valence-electron chi connectivity index (χ1n) is 6.10. The number of carbonyl (C=O) groups excluding carboxylic acids is 1. The molecule has 17 heavy (non-hydrogen) atoms. The number of hydrogen-bond donors (Lipinski definition) is 2. The summed E-state index contributed by atoms with van der Waals surface area (Å²) in [6.45, 7) is 6.94. The minimum atomic E-state index is -0.305. The lowest BCUT2D eigenvalue weighted by Crippen LogP contribution is -2.41. The first kappa shape index (κ1) is 13.7. The summed E-state index contributed by atoms with van der Waals surface area (Å²) in [7, 11) is 0. The van der Waals surface area contributed by atoms with Gasteiger partial charge in [0.2, 0.25) is 5.91 Å². The standard InChI is InChI=1S/C14H22N2O/c1-10(2)13(9-16-11(3)14(15)17)12-7-5-4-6-8-12/h4-8,10-11,13,16H,9H2,1-3H3,(H2,15,17). The fraction of sp³-hybridized carbons (Fsp3) is 0.500. The van der Waals surface area contributed by atoms with E-state index in [9.17, 15) is 4.79 Å². The van der Waals surface area contributed by atoms with Crippen molar-refractivity contribution in [2.45, 2.75) is 32.7 Å². The van der Waals surface area contributed by atoms with Gasteiger partial charge in [0.1, 0.15) is 0 Å². The monoisotopic (exact) mass is 234 g/mol. The molecular weight excluding hydrogens is 212 g/mol. The van der Waals surface area contributed by atoms with Gasteiger partial charge in [-0.05, 0) is 24.3 Å². The summed E-state index contributed by atoms with van der Waals surface area (Å²) in [5.41, 5.74) is 6.53. The average Bonchev–Trinajstić information content (AvgIpc) is 2.29. The maximum absolute atomic E-state index is 11.0. The molecule has 3 nitrogen and oxygen atoms in total. The smallest absolute Gasteiger partial charge is 0.234 e. The van der Waals surface area contributed by atoms with E-state index >= 15 is 0 Å². The summed E-state index contributed by atoms with van der Waals surface area (Å²) in [5, 5.41) is 3.19. The molecule has 0 aromatic heterocycles. The van der Waals surface area contributed by atoms with Gasteiger partial charge in [-0.1, -0.05) is 44.2 Å². The number of carbonyl (C=O) groups is 1. The van der Waals surface area contributed by atoms with Gasteiger partial charge in [0.25, 0.3) is 0 Å². The van der Waals surface area contributed by atoms with Crippen LogP contribution in [0.15, 0.2) is 30.3 Å². The van der Waals surface area contributed by atoms with E-state index in [1.807, 2.05) is 18.2 Å². The molecule has 0 aliphatic heterocycles. The summed E-state index contributed by atoms with van der Waals surface area (Å²) < 4.78 is 0. The fourth-order valence-electron chi connectivity index (χ4n) is 1.84. The van der Waals surface area contributed by atoms with Crippen molar-refractivity contribution in [1.82, 2.24) is 5.32 Å². The summed E-state index contributed by atoms with van der Waals surface area (Å²) in [6.07, 6.45) is 0. The fourth-order valence-corrected chi connectivity index (χ4v) is 1.84. The third kappa shape index (κ3) is 4.19. The van der Waals surface area contributed by atoms with Crippen LogP contribution in [0.5, 0.6) is 0 Å². The van der Waals surface area contributed by atoms with Gasteiger partial charge in [-0.15, -0.1) is 0 Å². The summed E-state index contributed by atoms with van der Waals surface area (Å²) in [4.78, 5) is 11.0.